The van der Waals surface area contributed by atoms with Gasteiger partial charge in [0, 0.05) is 21.2 Å². The van der Waals surface area contributed by atoms with Crippen LogP contribution in [0.2, 0.25) is 15.1 Å². The largest absolute Gasteiger partial charge is 0.496 e. The molecule has 1 amide bonds. The van der Waals surface area contributed by atoms with Crippen molar-refractivity contribution in [2.45, 2.75) is 0 Å². The summed E-state index contributed by atoms with van der Waals surface area (Å²) in [7, 11) is 4.51. The molecule has 4 aromatic carbocycles. The highest BCUT2D eigenvalue weighted by atomic mass is 35.5. The minimum absolute atomic E-state index is 0.148. The van der Waals surface area contributed by atoms with Crippen molar-refractivity contribution >= 4 is 63.8 Å². The molecule has 44 heavy (non-hydrogen) atoms. The Morgan fingerprint density at radius 1 is 0.795 bits per heavy atom. The molecule has 0 unspecified atom stereocenters. The van der Waals surface area contributed by atoms with Gasteiger partial charge in [0.05, 0.1) is 49.0 Å². The van der Waals surface area contributed by atoms with Crippen molar-refractivity contribution in [3.8, 4) is 34.1 Å². The first-order valence-electron chi connectivity index (χ1n) is 13.0. The third kappa shape index (κ3) is 6.16. The van der Waals surface area contributed by atoms with Gasteiger partial charge in [-0.3, -0.25) is 4.79 Å². The van der Waals surface area contributed by atoms with Crippen LogP contribution in [0, 0.1) is 0 Å². The van der Waals surface area contributed by atoms with E-state index < -0.39 is 11.9 Å². The van der Waals surface area contributed by atoms with Gasteiger partial charge in [-0.25, -0.2) is 10.2 Å². The minimum atomic E-state index is -0.681. The van der Waals surface area contributed by atoms with Crippen LogP contribution < -0.4 is 24.4 Å². The predicted octanol–water partition coefficient (Wildman–Crippen LogP) is 7.80. The lowest BCUT2D eigenvalue weighted by atomic mass is 10.0. The predicted molar refractivity (Wildman–Crippen MR) is 171 cm³/mol. The van der Waals surface area contributed by atoms with Gasteiger partial charge in [-0.2, -0.15) is 5.10 Å². The smallest absolute Gasteiger partial charge is 0.345 e. The van der Waals surface area contributed by atoms with Crippen molar-refractivity contribution in [3.63, 3.8) is 0 Å². The van der Waals surface area contributed by atoms with Gasteiger partial charge in [0.1, 0.15) is 17.2 Å². The number of aromatic nitrogens is 1. The number of benzene rings is 4. The van der Waals surface area contributed by atoms with Gasteiger partial charge >= 0.3 is 5.97 Å². The average Bonchev–Trinajstić information content (AvgIpc) is 3.42. The maximum absolute atomic E-state index is 13.5. The number of aromatic amines is 1. The molecule has 1 aromatic heterocycles. The van der Waals surface area contributed by atoms with E-state index in [-0.39, 0.29) is 27.8 Å². The number of carbonyl (C=O) groups excluding carboxylic acids is 2. The van der Waals surface area contributed by atoms with Crippen molar-refractivity contribution in [3.05, 3.63) is 105 Å². The highest BCUT2D eigenvalue weighted by Crippen LogP contribution is 2.44. The van der Waals surface area contributed by atoms with Crippen molar-refractivity contribution in [1.82, 2.24) is 10.4 Å². The van der Waals surface area contributed by atoms with Gasteiger partial charge in [-0.1, -0.05) is 53.0 Å². The molecule has 2 N–H and O–H groups in total. The van der Waals surface area contributed by atoms with Gasteiger partial charge in [0.2, 0.25) is 0 Å². The van der Waals surface area contributed by atoms with Gasteiger partial charge in [-0.05, 0) is 60.2 Å². The number of rotatable bonds is 9. The van der Waals surface area contributed by atoms with Crippen LogP contribution >= 0.6 is 34.8 Å². The van der Waals surface area contributed by atoms with Crippen molar-refractivity contribution in [2.75, 3.05) is 21.3 Å². The third-order valence-corrected chi connectivity index (χ3v) is 7.49. The molecule has 0 saturated carbocycles. The number of ether oxygens (including phenoxy) is 4. The second-order valence-corrected chi connectivity index (χ2v) is 10.4. The number of hydrazone groups is 1. The Labute approximate surface area is 267 Å². The quantitative estimate of drug-likeness (QED) is 0.0728. The molecule has 0 spiro atoms. The molecule has 0 saturated heterocycles. The molecule has 9 nitrogen and oxygen atoms in total. The summed E-state index contributed by atoms with van der Waals surface area (Å²) in [6, 6.07) is 19.9. The van der Waals surface area contributed by atoms with E-state index in [0.29, 0.717) is 49.1 Å². The van der Waals surface area contributed by atoms with Crippen molar-refractivity contribution < 1.29 is 28.5 Å². The molecule has 0 aliphatic heterocycles. The second-order valence-electron chi connectivity index (χ2n) is 9.20. The molecule has 0 atom stereocenters. The topological polar surface area (TPSA) is 111 Å². The number of fused-ring (bicyclic) bond motifs is 1. The van der Waals surface area contributed by atoms with E-state index in [1.165, 1.54) is 44.7 Å². The lowest BCUT2D eigenvalue weighted by Gasteiger charge is -2.11. The average molecular weight is 653 g/mol. The number of amides is 1. The fourth-order valence-corrected chi connectivity index (χ4v) is 5.29. The number of nitrogens with one attached hydrogen (secondary N) is 2. The molecule has 5 rings (SSSR count). The summed E-state index contributed by atoms with van der Waals surface area (Å²) in [5, 5.41) is 5.76. The third-order valence-electron chi connectivity index (χ3n) is 6.61. The molecule has 5 aromatic rings. The van der Waals surface area contributed by atoms with E-state index in [1.807, 2.05) is 12.1 Å². The van der Waals surface area contributed by atoms with E-state index in [9.17, 15) is 9.59 Å². The van der Waals surface area contributed by atoms with Crippen LogP contribution in [0.15, 0.2) is 77.9 Å². The Hall–Kier alpha value is -4.70. The molecule has 0 bridgehead atoms. The molecule has 1 heterocycles. The number of halogens is 3. The summed E-state index contributed by atoms with van der Waals surface area (Å²) in [6.45, 7) is 0. The van der Waals surface area contributed by atoms with Gasteiger partial charge in [0.15, 0.2) is 11.5 Å². The molecule has 224 valence electrons. The highest BCUT2D eigenvalue weighted by molar-refractivity contribution is 6.36. The van der Waals surface area contributed by atoms with Crippen molar-refractivity contribution in [2.24, 2.45) is 5.10 Å². The molecule has 0 aliphatic carbocycles. The number of H-pyrrole nitrogens is 1. The zero-order chi connectivity index (χ0) is 31.4. The maximum Gasteiger partial charge on any atom is 0.345 e. The molecular weight excluding hydrogens is 629 g/mol. The van der Waals surface area contributed by atoms with E-state index in [1.54, 1.807) is 43.5 Å². The lowest BCUT2D eigenvalue weighted by molar-refractivity contribution is 0.0729. The molecule has 0 fully saturated rings. The summed E-state index contributed by atoms with van der Waals surface area (Å²) in [6.07, 6.45) is 1.42. The fourth-order valence-electron chi connectivity index (χ4n) is 4.57. The summed E-state index contributed by atoms with van der Waals surface area (Å²) in [5.74, 6) is 0.251. The number of nitrogens with zero attached hydrogens (tertiary/aromatic N) is 1. The Bertz CT molecular complexity index is 1920. The number of hydrogen-bond acceptors (Lipinski definition) is 7. The first-order chi connectivity index (χ1) is 21.2. The van der Waals surface area contributed by atoms with Crippen LogP contribution in [0.1, 0.15) is 26.4 Å². The fraction of sp³-hybridized carbons (Fsp3) is 0.0938. The zero-order valence-electron chi connectivity index (χ0n) is 23.5. The Morgan fingerprint density at radius 3 is 2.20 bits per heavy atom. The zero-order valence-corrected chi connectivity index (χ0v) is 25.8. The van der Waals surface area contributed by atoms with Crippen molar-refractivity contribution in [1.29, 1.82) is 0 Å². The molecule has 0 radical (unpaired) electrons. The summed E-state index contributed by atoms with van der Waals surface area (Å²) in [5.41, 5.74) is 5.17. The maximum atomic E-state index is 13.5. The van der Waals surface area contributed by atoms with E-state index in [0.717, 1.165) is 0 Å². The van der Waals surface area contributed by atoms with E-state index in [2.05, 4.69) is 15.5 Å². The van der Waals surface area contributed by atoms with Crippen LogP contribution in [-0.2, 0) is 0 Å². The van der Waals surface area contributed by atoms with Gasteiger partial charge in [0.25, 0.3) is 5.91 Å². The van der Waals surface area contributed by atoms with E-state index in [4.69, 9.17) is 53.8 Å². The summed E-state index contributed by atoms with van der Waals surface area (Å²) in [4.78, 5) is 29.3. The number of hydrogen-bond donors (Lipinski definition) is 2. The molecular formula is C32H24Cl3N3O6. The minimum Gasteiger partial charge on any atom is -0.496 e. The SMILES string of the molecule is COc1cc(C=NNC(=O)c2[nH]c3c(OC)ccc(OC)c3c2-c2ccccc2Cl)ccc1OC(=O)c1ccc(Cl)cc1Cl. The first-order valence-corrected chi connectivity index (χ1v) is 14.1. The van der Waals surface area contributed by atoms with Crippen LogP contribution in [0.5, 0.6) is 23.0 Å². The highest BCUT2D eigenvalue weighted by Gasteiger charge is 2.25. The monoisotopic (exact) mass is 651 g/mol. The van der Waals surface area contributed by atoms with Crippen LogP contribution in [-0.4, -0.2) is 44.4 Å². The molecule has 0 aliphatic rings. The Balaban J connectivity index is 1.42. The number of methoxy groups -OCH3 is 3. The Kier molecular flexibility index (Phi) is 9.29. The van der Waals surface area contributed by atoms with Gasteiger partial charge in [-0.15, -0.1) is 0 Å². The number of esters is 1. The van der Waals surface area contributed by atoms with E-state index >= 15 is 0 Å². The summed E-state index contributed by atoms with van der Waals surface area (Å²) >= 11 is 18.6. The lowest BCUT2D eigenvalue weighted by Crippen LogP contribution is -2.19. The van der Waals surface area contributed by atoms with Crippen LogP contribution in [0.3, 0.4) is 0 Å². The van der Waals surface area contributed by atoms with Crippen LogP contribution in [0.25, 0.3) is 22.0 Å². The van der Waals surface area contributed by atoms with Crippen LogP contribution in [0.4, 0.5) is 0 Å². The van der Waals surface area contributed by atoms with Gasteiger partial charge < -0.3 is 23.9 Å². The molecule has 12 heteroatoms. The normalized spacial score (nSPS) is 11.0. The first kappa shape index (κ1) is 30.7. The Morgan fingerprint density at radius 2 is 1.50 bits per heavy atom. The summed E-state index contributed by atoms with van der Waals surface area (Å²) < 4.78 is 22.0. The second kappa shape index (κ2) is 13.3. The standard InChI is InChI=1S/C32H24Cl3N3O6/c1-41-24-12-13-25(42-2)29-28(24)27(19-6-4-5-7-21(19)34)30(37-29)31(39)38-36-16-17-8-11-23(26(14-17)43-3)44-32(40)20-10-9-18(33)15-22(20)35/h4-16,37H,1-3H3,(H,38,39). The number of carbonyl (C=O) groups is 2.